The molecule has 0 spiro atoms. The van der Waals surface area contributed by atoms with E-state index in [4.69, 9.17) is 11.6 Å². The van der Waals surface area contributed by atoms with E-state index in [9.17, 15) is 4.39 Å². The van der Waals surface area contributed by atoms with Crippen molar-refractivity contribution < 1.29 is 4.39 Å². The van der Waals surface area contributed by atoms with Crippen LogP contribution in [0.3, 0.4) is 0 Å². The minimum absolute atomic E-state index is 0.288. The van der Waals surface area contributed by atoms with Crippen LogP contribution in [-0.2, 0) is 19.9 Å². The zero-order valence-corrected chi connectivity index (χ0v) is 13.4. The fraction of sp³-hybridized carbons (Fsp3) is 0.800. The van der Waals surface area contributed by atoms with Gasteiger partial charge in [0.2, 0.25) is 0 Å². The minimum Gasteiger partial charge on any atom is -0.314 e. The Labute approximate surface area is 125 Å². The molecule has 0 aromatic carbocycles. The van der Waals surface area contributed by atoms with E-state index in [1.165, 1.54) is 12.8 Å². The Morgan fingerprint density at radius 1 is 1.50 bits per heavy atom. The fourth-order valence-corrected chi connectivity index (χ4v) is 3.41. The molecule has 1 saturated heterocycles. The summed E-state index contributed by atoms with van der Waals surface area (Å²) in [6, 6.07) is 0.288. The lowest BCUT2D eigenvalue weighted by molar-refractivity contribution is 0.143. The molecule has 1 aromatic rings. The lowest BCUT2D eigenvalue weighted by atomic mass is 9.89. The van der Waals surface area contributed by atoms with E-state index in [-0.39, 0.29) is 6.04 Å². The summed E-state index contributed by atoms with van der Waals surface area (Å²) in [6.07, 6.45) is 5.11. The first kappa shape index (κ1) is 15.8. The molecule has 0 saturated carbocycles. The van der Waals surface area contributed by atoms with Crippen molar-refractivity contribution in [1.29, 1.82) is 0 Å². The third kappa shape index (κ3) is 3.73. The van der Waals surface area contributed by atoms with Gasteiger partial charge in [0, 0.05) is 19.5 Å². The highest BCUT2D eigenvalue weighted by molar-refractivity contribution is 6.31. The highest BCUT2D eigenvalue weighted by atomic mass is 35.5. The maximum atomic E-state index is 14.9. The highest BCUT2D eigenvalue weighted by Gasteiger charge is 2.31. The van der Waals surface area contributed by atoms with Crippen LogP contribution in [0.5, 0.6) is 0 Å². The van der Waals surface area contributed by atoms with Crippen molar-refractivity contribution in [2.45, 2.75) is 64.1 Å². The molecule has 1 N–H and O–H groups in total. The zero-order valence-electron chi connectivity index (χ0n) is 12.7. The molecule has 0 aliphatic carbocycles. The predicted octanol–water partition coefficient (Wildman–Crippen LogP) is 3.44. The van der Waals surface area contributed by atoms with E-state index in [1.54, 1.807) is 11.6 Å². The summed E-state index contributed by atoms with van der Waals surface area (Å²) in [4.78, 5) is 0. The van der Waals surface area contributed by atoms with Gasteiger partial charge >= 0.3 is 0 Å². The lowest BCUT2D eigenvalue weighted by Crippen LogP contribution is -2.40. The number of aryl methyl sites for hydroxylation is 2. The van der Waals surface area contributed by atoms with E-state index < -0.39 is 5.67 Å². The molecule has 0 bridgehead atoms. The van der Waals surface area contributed by atoms with Crippen molar-refractivity contribution in [1.82, 2.24) is 15.1 Å². The molecular formula is C15H25ClFN3. The number of piperidine rings is 1. The summed E-state index contributed by atoms with van der Waals surface area (Å²) in [5.74, 6) is 0. The first-order chi connectivity index (χ1) is 9.43. The minimum atomic E-state index is -1.25. The van der Waals surface area contributed by atoms with Gasteiger partial charge in [-0.15, -0.1) is 0 Å². The number of nitrogens with zero attached hydrogens (tertiary/aromatic N) is 2. The third-order valence-corrected chi connectivity index (χ3v) is 4.56. The normalized spacial score (nSPS) is 22.8. The van der Waals surface area contributed by atoms with Gasteiger partial charge in [-0.05, 0) is 39.2 Å². The van der Waals surface area contributed by atoms with Crippen LogP contribution in [-0.4, -0.2) is 28.0 Å². The molecule has 0 amide bonds. The van der Waals surface area contributed by atoms with Crippen LogP contribution in [0.15, 0.2) is 0 Å². The first-order valence-electron chi connectivity index (χ1n) is 7.55. The van der Waals surface area contributed by atoms with Gasteiger partial charge in [0.15, 0.2) is 0 Å². The van der Waals surface area contributed by atoms with Gasteiger partial charge in [-0.3, -0.25) is 4.68 Å². The number of aromatic nitrogens is 2. The van der Waals surface area contributed by atoms with Crippen molar-refractivity contribution in [3.05, 3.63) is 16.4 Å². The summed E-state index contributed by atoms with van der Waals surface area (Å²) >= 11 is 6.31. The van der Waals surface area contributed by atoms with E-state index in [0.29, 0.717) is 17.9 Å². The number of alkyl halides is 1. The molecule has 1 fully saturated rings. The van der Waals surface area contributed by atoms with Crippen LogP contribution in [0.25, 0.3) is 0 Å². The van der Waals surface area contributed by atoms with Gasteiger partial charge in [0.1, 0.15) is 5.67 Å². The lowest BCUT2D eigenvalue weighted by Gasteiger charge is -2.30. The van der Waals surface area contributed by atoms with Gasteiger partial charge in [0.25, 0.3) is 0 Å². The van der Waals surface area contributed by atoms with E-state index in [2.05, 4.69) is 10.4 Å². The number of nitrogens with one attached hydrogen (secondary N) is 1. The molecule has 114 valence electrons. The molecule has 2 unspecified atom stereocenters. The van der Waals surface area contributed by atoms with E-state index in [0.717, 1.165) is 30.8 Å². The summed E-state index contributed by atoms with van der Waals surface area (Å²) in [6.45, 7) is 4.70. The molecule has 3 nitrogen and oxygen atoms in total. The van der Waals surface area contributed by atoms with Gasteiger partial charge in [-0.1, -0.05) is 24.9 Å². The zero-order chi connectivity index (χ0) is 14.8. The van der Waals surface area contributed by atoms with Crippen molar-refractivity contribution in [2.24, 2.45) is 7.05 Å². The van der Waals surface area contributed by atoms with E-state index >= 15 is 0 Å². The van der Waals surface area contributed by atoms with Crippen LogP contribution >= 0.6 is 11.6 Å². The summed E-state index contributed by atoms with van der Waals surface area (Å²) in [7, 11) is 1.84. The molecule has 1 aliphatic rings. The van der Waals surface area contributed by atoms with Crippen LogP contribution in [0, 0.1) is 0 Å². The largest absolute Gasteiger partial charge is 0.314 e. The van der Waals surface area contributed by atoms with Crippen LogP contribution in [0.2, 0.25) is 5.02 Å². The Morgan fingerprint density at radius 3 is 2.80 bits per heavy atom. The summed E-state index contributed by atoms with van der Waals surface area (Å²) in [5, 5.41) is 8.41. The average molecular weight is 302 g/mol. The number of rotatable bonds is 5. The van der Waals surface area contributed by atoms with Gasteiger partial charge in [-0.2, -0.15) is 5.10 Å². The monoisotopic (exact) mass is 301 g/mol. The first-order valence-corrected chi connectivity index (χ1v) is 7.93. The number of halogens is 2. The van der Waals surface area contributed by atoms with Gasteiger partial charge in [0.05, 0.1) is 16.4 Å². The smallest absolute Gasteiger partial charge is 0.115 e. The topological polar surface area (TPSA) is 29.9 Å². The summed E-state index contributed by atoms with van der Waals surface area (Å²) < 4.78 is 16.6. The van der Waals surface area contributed by atoms with Crippen molar-refractivity contribution in [3.8, 4) is 0 Å². The maximum absolute atomic E-state index is 14.9. The molecular weight excluding hydrogens is 277 g/mol. The van der Waals surface area contributed by atoms with Crippen LogP contribution in [0.4, 0.5) is 4.39 Å². The Balaban J connectivity index is 2.05. The average Bonchev–Trinajstić information content (AvgIpc) is 2.66. The van der Waals surface area contributed by atoms with Crippen LogP contribution < -0.4 is 5.32 Å². The molecule has 2 rings (SSSR count). The van der Waals surface area contributed by atoms with Crippen molar-refractivity contribution in [3.63, 3.8) is 0 Å². The third-order valence-electron chi connectivity index (χ3n) is 4.12. The number of hydrogen-bond donors (Lipinski definition) is 1. The van der Waals surface area contributed by atoms with Gasteiger partial charge < -0.3 is 5.32 Å². The molecule has 20 heavy (non-hydrogen) atoms. The standard InChI is InChI=1S/C15H25ClFN3/c1-4-12-14(16)13(20(3)19-12)10-15(2,17)9-11-7-5-6-8-18-11/h11,18H,4-10H2,1-3H3. The second-order valence-corrected chi connectivity index (χ2v) is 6.50. The molecule has 2 heterocycles. The highest BCUT2D eigenvalue weighted by Crippen LogP contribution is 2.30. The second kappa shape index (κ2) is 6.44. The van der Waals surface area contributed by atoms with E-state index in [1.807, 2.05) is 14.0 Å². The predicted molar refractivity (Wildman–Crippen MR) is 81.1 cm³/mol. The number of hydrogen-bond acceptors (Lipinski definition) is 2. The molecule has 1 aliphatic heterocycles. The quantitative estimate of drug-likeness (QED) is 0.903. The molecule has 0 radical (unpaired) electrons. The Hall–Kier alpha value is -0.610. The summed E-state index contributed by atoms with van der Waals surface area (Å²) in [5.41, 5.74) is 0.414. The Bertz CT molecular complexity index is 450. The Morgan fingerprint density at radius 2 is 2.25 bits per heavy atom. The Kier molecular flexibility index (Phi) is 5.08. The van der Waals surface area contributed by atoms with Gasteiger partial charge in [-0.25, -0.2) is 4.39 Å². The fourth-order valence-electron chi connectivity index (χ4n) is 3.05. The van der Waals surface area contributed by atoms with Crippen molar-refractivity contribution >= 4 is 11.6 Å². The molecule has 5 heteroatoms. The SMILES string of the molecule is CCc1nn(C)c(CC(C)(F)CC2CCCCN2)c1Cl. The molecule has 2 atom stereocenters. The van der Waals surface area contributed by atoms with Crippen LogP contribution in [0.1, 0.15) is 50.9 Å². The second-order valence-electron chi connectivity index (χ2n) is 6.13. The van der Waals surface area contributed by atoms with Crippen molar-refractivity contribution in [2.75, 3.05) is 6.54 Å². The maximum Gasteiger partial charge on any atom is 0.115 e. The molecule has 1 aromatic heterocycles.